The Morgan fingerprint density at radius 1 is 1.41 bits per heavy atom. The van der Waals surface area contributed by atoms with Gasteiger partial charge in [0.25, 0.3) is 0 Å². The quantitative estimate of drug-likeness (QED) is 0.580. The number of benzene rings is 1. The molecule has 0 radical (unpaired) electrons. The summed E-state index contributed by atoms with van der Waals surface area (Å²) in [5, 5.41) is 0. The molecule has 1 rings (SSSR count). The summed E-state index contributed by atoms with van der Waals surface area (Å²) < 4.78 is 10.2. The summed E-state index contributed by atoms with van der Waals surface area (Å²) in [6, 6.07) is 5.19. The maximum atomic E-state index is 11.3. The smallest absolute Gasteiger partial charge is 0.344 e. The van der Waals surface area contributed by atoms with Gasteiger partial charge in [0.2, 0.25) is 0 Å². The van der Waals surface area contributed by atoms with Crippen molar-refractivity contribution in [3.05, 3.63) is 29.3 Å². The van der Waals surface area contributed by atoms with E-state index >= 15 is 0 Å². The van der Waals surface area contributed by atoms with E-state index in [9.17, 15) is 9.59 Å². The molecule has 0 amide bonds. The van der Waals surface area contributed by atoms with Crippen molar-refractivity contribution in [3.8, 4) is 5.75 Å². The second kappa shape index (κ2) is 6.03. The average Bonchev–Trinajstić information content (AvgIpc) is 2.26. The minimum atomic E-state index is -0.447. The van der Waals surface area contributed by atoms with Crippen LogP contribution in [0.4, 0.5) is 0 Å². The topological polar surface area (TPSA) is 52.6 Å². The molecule has 17 heavy (non-hydrogen) atoms. The van der Waals surface area contributed by atoms with Crippen molar-refractivity contribution in [1.82, 2.24) is 0 Å². The Hall–Kier alpha value is -1.84. The fourth-order valence-corrected chi connectivity index (χ4v) is 1.33. The van der Waals surface area contributed by atoms with Crippen molar-refractivity contribution in [2.24, 2.45) is 0 Å². The van der Waals surface area contributed by atoms with Crippen LogP contribution in [0.25, 0.3) is 0 Å². The van der Waals surface area contributed by atoms with Crippen molar-refractivity contribution in [2.75, 3.05) is 6.61 Å². The number of carbonyl (C=O) groups is 2. The Morgan fingerprint density at radius 2 is 2.12 bits per heavy atom. The van der Waals surface area contributed by atoms with Gasteiger partial charge in [-0.05, 0) is 32.9 Å². The van der Waals surface area contributed by atoms with Gasteiger partial charge in [0.05, 0.1) is 11.7 Å². The highest BCUT2D eigenvalue weighted by Crippen LogP contribution is 2.18. The first kappa shape index (κ1) is 13.2. The minimum Gasteiger partial charge on any atom is -0.481 e. The lowest BCUT2D eigenvalue weighted by Gasteiger charge is -2.10. The molecule has 4 heteroatoms. The number of carbonyl (C=O) groups excluding carboxylic acids is 2. The predicted molar refractivity (Wildman–Crippen MR) is 63.3 cm³/mol. The predicted octanol–water partition coefficient (Wildman–Crippen LogP) is 2.14. The Bertz CT molecular complexity index is 410. The fourth-order valence-electron chi connectivity index (χ4n) is 1.33. The van der Waals surface area contributed by atoms with Crippen LogP contribution in [0.15, 0.2) is 18.2 Å². The molecule has 0 fully saturated rings. The summed E-state index contributed by atoms with van der Waals surface area (Å²) >= 11 is 0. The molecule has 92 valence electrons. The third-order valence-corrected chi connectivity index (χ3v) is 2.00. The van der Waals surface area contributed by atoms with Gasteiger partial charge >= 0.3 is 5.97 Å². The van der Waals surface area contributed by atoms with Crippen LogP contribution >= 0.6 is 0 Å². The highest BCUT2D eigenvalue weighted by molar-refractivity contribution is 5.80. The second-order valence-corrected chi connectivity index (χ2v) is 3.99. The van der Waals surface area contributed by atoms with Crippen LogP contribution in [0.1, 0.15) is 29.8 Å². The molecule has 0 aliphatic heterocycles. The largest absolute Gasteiger partial charge is 0.481 e. The van der Waals surface area contributed by atoms with E-state index < -0.39 is 5.97 Å². The first-order valence-electron chi connectivity index (χ1n) is 5.41. The third-order valence-electron chi connectivity index (χ3n) is 2.00. The van der Waals surface area contributed by atoms with E-state index in [2.05, 4.69) is 0 Å². The fraction of sp³-hybridized carbons (Fsp3) is 0.385. The van der Waals surface area contributed by atoms with E-state index in [0.29, 0.717) is 17.6 Å². The Balaban J connectivity index is 2.63. The molecule has 0 heterocycles. The lowest BCUT2D eigenvalue weighted by atomic mass is 10.1. The summed E-state index contributed by atoms with van der Waals surface area (Å²) in [5.74, 6) is -0.0521. The molecule has 1 aromatic carbocycles. The lowest BCUT2D eigenvalue weighted by Crippen LogP contribution is -2.19. The third kappa shape index (κ3) is 4.26. The standard InChI is InChI=1S/C13H16O4/c1-9(2)17-13(15)8-16-12-5-4-10(3)6-11(12)7-14/h4-7,9H,8H2,1-3H3. The van der Waals surface area contributed by atoms with Gasteiger partial charge < -0.3 is 9.47 Å². The zero-order valence-electron chi connectivity index (χ0n) is 10.2. The van der Waals surface area contributed by atoms with Crippen molar-refractivity contribution in [3.63, 3.8) is 0 Å². The van der Waals surface area contributed by atoms with E-state index in [1.165, 1.54) is 0 Å². The molecule has 0 aromatic heterocycles. The molecule has 4 nitrogen and oxygen atoms in total. The van der Waals surface area contributed by atoms with Crippen LogP contribution in [0.2, 0.25) is 0 Å². The van der Waals surface area contributed by atoms with E-state index in [-0.39, 0.29) is 12.7 Å². The first-order chi connectivity index (χ1) is 8.02. The highest BCUT2D eigenvalue weighted by atomic mass is 16.6. The van der Waals surface area contributed by atoms with E-state index in [1.54, 1.807) is 26.0 Å². The number of rotatable bonds is 5. The number of ether oxygens (including phenoxy) is 2. The van der Waals surface area contributed by atoms with Crippen LogP contribution in [-0.2, 0) is 9.53 Å². The molecule has 1 aromatic rings. The summed E-state index contributed by atoms with van der Waals surface area (Å²) in [4.78, 5) is 22.1. The number of hydrogen-bond donors (Lipinski definition) is 0. The van der Waals surface area contributed by atoms with Crippen LogP contribution in [-0.4, -0.2) is 25.0 Å². The summed E-state index contributed by atoms with van der Waals surface area (Å²) in [6.07, 6.45) is 0.533. The van der Waals surface area contributed by atoms with Crippen molar-refractivity contribution in [2.45, 2.75) is 26.9 Å². The number of hydrogen-bond acceptors (Lipinski definition) is 4. The molecule has 0 unspecified atom stereocenters. The van der Waals surface area contributed by atoms with Gasteiger partial charge in [0.1, 0.15) is 5.75 Å². The Morgan fingerprint density at radius 3 is 2.71 bits per heavy atom. The molecule has 0 bridgehead atoms. The van der Waals surface area contributed by atoms with Gasteiger partial charge in [-0.2, -0.15) is 0 Å². The molecule has 0 atom stereocenters. The molecule has 0 aliphatic rings. The number of aryl methyl sites for hydroxylation is 1. The van der Waals surface area contributed by atoms with Crippen LogP contribution < -0.4 is 4.74 Å². The Labute approximate surface area is 101 Å². The van der Waals surface area contributed by atoms with Gasteiger partial charge in [-0.3, -0.25) is 4.79 Å². The highest BCUT2D eigenvalue weighted by Gasteiger charge is 2.09. The minimum absolute atomic E-state index is 0.172. The van der Waals surface area contributed by atoms with Crippen LogP contribution in [0.3, 0.4) is 0 Å². The maximum Gasteiger partial charge on any atom is 0.344 e. The first-order valence-corrected chi connectivity index (χ1v) is 5.41. The lowest BCUT2D eigenvalue weighted by molar-refractivity contribution is -0.149. The molecule has 0 aliphatic carbocycles. The average molecular weight is 236 g/mol. The molecular formula is C13H16O4. The maximum absolute atomic E-state index is 11.3. The zero-order chi connectivity index (χ0) is 12.8. The van der Waals surface area contributed by atoms with Gasteiger partial charge in [0, 0.05) is 0 Å². The molecule has 0 saturated heterocycles. The van der Waals surface area contributed by atoms with E-state index in [0.717, 1.165) is 5.56 Å². The second-order valence-electron chi connectivity index (χ2n) is 3.99. The summed E-state index contributed by atoms with van der Waals surface area (Å²) in [5.41, 5.74) is 1.39. The van der Waals surface area contributed by atoms with E-state index in [4.69, 9.17) is 9.47 Å². The summed E-state index contributed by atoms with van der Waals surface area (Å²) in [7, 11) is 0. The molecule has 0 saturated carbocycles. The molecule has 0 spiro atoms. The normalized spacial score (nSPS) is 10.1. The SMILES string of the molecule is Cc1ccc(OCC(=O)OC(C)C)c(C=O)c1. The molecule has 0 N–H and O–H groups in total. The molecular weight excluding hydrogens is 220 g/mol. The van der Waals surface area contributed by atoms with E-state index in [1.807, 2.05) is 13.0 Å². The zero-order valence-corrected chi connectivity index (χ0v) is 10.2. The monoisotopic (exact) mass is 236 g/mol. The summed E-state index contributed by atoms with van der Waals surface area (Å²) in [6.45, 7) is 5.22. The van der Waals surface area contributed by atoms with Gasteiger partial charge in [-0.15, -0.1) is 0 Å². The van der Waals surface area contributed by atoms with Gasteiger partial charge in [-0.1, -0.05) is 11.6 Å². The van der Waals surface area contributed by atoms with Crippen LogP contribution in [0, 0.1) is 6.92 Å². The van der Waals surface area contributed by atoms with Crippen molar-refractivity contribution in [1.29, 1.82) is 0 Å². The van der Waals surface area contributed by atoms with Crippen LogP contribution in [0.5, 0.6) is 5.75 Å². The number of aldehydes is 1. The number of esters is 1. The Kier molecular flexibility index (Phi) is 4.69. The van der Waals surface area contributed by atoms with Gasteiger partial charge in [0.15, 0.2) is 12.9 Å². The van der Waals surface area contributed by atoms with Crippen molar-refractivity contribution < 1.29 is 19.1 Å². The van der Waals surface area contributed by atoms with Gasteiger partial charge in [-0.25, -0.2) is 4.79 Å². The van der Waals surface area contributed by atoms with Crippen molar-refractivity contribution >= 4 is 12.3 Å².